The van der Waals surface area contributed by atoms with E-state index in [4.69, 9.17) is 14.9 Å². The van der Waals surface area contributed by atoms with E-state index in [1.807, 2.05) is 24.3 Å². The first-order chi connectivity index (χ1) is 8.03. The number of benzene rings is 1. The zero-order valence-corrected chi connectivity index (χ0v) is 13.4. The second-order valence-corrected chi connectivity index (χ2v) is 8.39. The molecule has 0 heterocycles. The number of hydrogen-bond donors (Lipinski definition) is 1. The van der Waals surface area contributed by atoms with Crippen molar-refractivity contribution >= 4 is 14.0 Å². The van der Waals surface area contributed by atoms with Gasteiger partial charge in [0.15, 0.2) is 0 Å². The van der Waals surface area contributed by atoms with E-state index in [9.17, 15) is 0 Å². The molecule has 2 N–H and O–H groups in total. The zero-order chi connectivity index (χ0) is 12.7. The first kappa shape index (κ1) is 17.5. The van der Waals surface area contributed by atoms with Crippen LogP contribution in [0.15, 0.2) is 24.3 Å². The largest absolute Gasteiger partial charge is 0.491 e. The van der Waals surface area contributed by atoms with Gasteiger partial charge in [-0.15, -0.1) is 0 Å². The molecule has 1 rings (SSSR count). The van der Waals surface area contributed by atoms with Gasteiger partial charge < -0.3 is 20.9 Å². The first-order valence-electron chi connectivity index (χ1n) is 6.00. The van der Waals surface area contributed by atoms with Crippen LogP contribution in [0.2, 0.25) is 13.1 Å². The smallest absolute Gasteiger partial charge is 0.121 e. The fourth-order valence-corrected chi connectivity index (χ4v) is 3.33. The fourth-order valence-electron chi connectivity index (χ4n) is 1.62. The summed E-state index contributed by atoms with van der Waals surface area (Å²) in [5, 5.41) is 0. The van der Waals surface area contributed by atoms with Gasteiger partial charge in [0.25, 0.3) is 0 Å². The number of hydrogen-bond acceptors (Lipinski definition) is 3. The monoisotopic (exact) mass is 308 g/mol. The van der Waals surface area contributed by atoms with E-state index in [0.29, 0.717) is 13.2 Å². The fraction of sp³-hybridized carbons (Fsp3) is 0.462. The number of rotatable bonds is 7. The van der Waals surface area contributed by atoms with Gasteiger partial charge in [-0.05, 0) is 12.1 Å². The van der Waals surface area contributed by atoms with Crippen LogP contribution in [-0.4, -0.2) is 21.5 Å². The van der Waals surface area contributed by atoms with Crippen molar-refractivity contribution in [3.8, 4) is 5.75 Å². The third-order valence-corrected chi connectivity index (χ3v) is 4.72. The average Bonchev–Trinajstić information content (AvgIpc) is 2.24. The second-order valence-electron chi connectivity index (χ2n) is 4.49. The van der Waals surface area contributed by atoms with Crippen LogP contribution in [0, 0.1) is 6.04 Å². The molecule has 5 heteroatoms. The molecule has 104 valence electrons. The SMILES string of the molecule is CC[CH-][Si](C)(C)OCCOc1cccc(N)c1.[Fe]. The molecule has 0 saturated heterocycles. The van der Waals surface area contributed by atoms with Gasteiger partial charge in [0.2, 0.25) is 0 Å². The molecule has 0 aliphatic carbocycles. The molecule has 0 atom stereocenters. The average molecular weight is 308 g/mol. The summed E-state index contributed by atoms with van der Waals surface area (Å²) >= 11 is 0. The number of ether oxygens (including phenoxy) is 1. The van der Waals surface area contributed by atoms with Gasteiger partial charge in [0.05, 0.1) is 6.61 Å². The molecule has 1 aromatic rings. The maximum atomic E-state index is 5.85. The molecule has 0 spiro atoms. The molecule has 0 fully saturated rings. The van der Waals surface area contributed by atoms with Gasteiger partial charge >= 0.3 is 0 Å². The molecule has 3 nitrogen and oxygen atoms in total. The summed E-state index contributed by atoms with van der Waals surface area (Å²) in [5.41, 5.74) is 6.38. The quantitative estimate of drug-likeness (QED) is 0.364. The Morgan fingerprint density at radius 3 is 2.61 bits per heavy atom. The number of anilines is 1. The van der Waals surface area contributed by atoms with E-state index in [0.717, 1.165) is 17.9 Å². The molecule has 0 saturated carbocycles. The van der Waals surface area contributed by atoms with Crippen molar-refractivity contribution in [2.24, 2.45) is 0 Å². The Hall–Kier alpha value is -0.484. The molecule has 0 bridgehead atoms. The molecule has 0 aliphatic heterocycles. The Morgan fingerprint density at radius 2 is 2.00 bits per heavy atom. The minimum absolute atomic E-state index is 0. The van der Waals surface area contributed by atoms with Gasteiger partial charge in [0, 0.05) is 37.1 Å². The molecule has 0 aromatic heterocycles. The molecule has 18 heavy (non-hydrogen) atoms. The Kier molecular flexibility index (Phi) is 8.36. The van der Waals surface area contributed by atoms with Gasteiger partial charge in [-0.1, -0.05) is 26.1 Å². The van der Waals surface area contributed by atoms with Crippen molar-refractivity contribution in [1.29, 1.82) is 0 Å². The van der Waals surface area contributed by atoms with Gasteiger partial charge in [-0.2, -0.15) is 6.42 Å². The van der Waals surface area contributed by atoms with Crippen LogP contribution in [0.25, 0.3) is 0 Å². The second kappa shape index (κ2) is 8.59. The van der Waals surface area contributed by atoms with Gasteiger partial charge in [-0.3, -0.25) is 0 Å². The van der Waals surface area contributed by atoms with Crippen LogP contribution in [0.5, 0.6) is 5.75 Å². The summed E-state index contributed by atoms with van der Waals surface area (Å²) in [4.78, 5) is 0. The summed E-state index contributed by atoms with van der Waals surface area (Å²) in [7, 11) is -1.58. The molecule has 0 unspecified atom stereocenters. The maximum Gasteiger partial charge on any atom is 0.121 e. The summed E-state index contributed by atoms with van der Waals surface area (Å²) in [6, 6.07) is 9.73. The van der Waals surface area contributed by atoms with Crippen LogP contribution in [0.1, 0.15) is 13.3 Å². The van der Waals surface area contributed by atoms with Crippen molar-refractivity contribution in [2.75, 3.05) is 18.9 Å². The molecule has 0 amide bonds. The topological polar surface area (TPSA) is 44.5 Å². The van der Waals surface area contributed by atoms with E-state index >= 15 is 0 Å². The summed E-state index contributed by atoms with van der Waals surface area (Å²) in [5.74, 6) is 0.799. The van der Waals surface area contributed by atoms with E-state index in [1.54, 1.807) is 0 Å². The van der Waals surface area contributed by atoms with Crippen molar-refractivity contribution in [1.82, 2.24) is 0 Å². The molecule has 0 aliphatic rings. The van der Waals surface area contributed by atoms with Crippen molar-refractivity contribution < 1.29 is 26.2 Å². The Labute approximate surface area is 122 Å². The molecule has 0 radical (unpaired) electrons. The first-order valence-corrected chi connectivity index (χ1v) is 8.99. The van der Waals surface area contributed by atoms with E-state index in [1.165, 1.54) is 0 Å². The van der Waals surface area contributed by atoms with Crippen LogP contribution < -0.4 is 10.5 Å². The Balaban J connectivity index is 0.00000289. The molecule has 1 aromatic carbocycles. The van der Waals surface area contributed by atoms with Gasteiger partial charge in [0.1, 0.15) is 12.4 Å². The van der Waals surface area contributed by atoms with Crippen molar-refractivity contribution in [3.63, 3.8) is 0 Å². The van der Waals surface area contributed by atoms with E-state index in [-0.39, 0.29) is 17.1 Å². The third-order valence-electron chi connectivity index (χ3n) is 2.38. The van der Waals surface area contributed by atoms with E-state index in [2.05, 4.69) is 26.1 Å². The summed E-state index contributed by atoms with van der Waals surface area (Å²) in [6.07, 6.45) is 1.06. The van der Waals surface area contributed by atoms with Crippen LogP contribution in [-0.2, 0) is 21.5 Å². The third kappa shape index (κ3) is 7.06. The van der Waals surface area contributed by atoms with Crippen molar-refractivity contribution in [3.05, 3.63) is 30.3 Å². The number of nitrogens with two attached hydrogens (primary N) is 1. The van der Waals surface area contributed by atoms with Crippen molar-refractivity contribution in [2.45, 2.75) is 26.4 Å². The van der Waals surface area contributed by atoms with Crippen LogP contribution in [0.4, 0.5) is 5.69 Å². The van der Waals surface area contributed by atoms with Crippen LogP contribution >= 0.6 is 0 Å². The standard InChI is InChI=1S/C13H22NO2Si.Fe/c1-4-10-17(2,3)16-9-8-15-13-7-5-6-12(14)11-13;/h5-7,10-11H,4,8-9,14H2,1-3H3;/q-1;. The molecular formula is C13H22FeNO2Si-. The predicted molar refractivity (Wildman–Crippen MR) is 74.4 cm³/mol. The normalized spacial score (nSPS) is 10.8. The summed E-state index contributed by atoms with van der Waals surface area (Å²) in [6.45, 7) is 7.72. The minimum Gasteiger partial charge on any atom is -0.491 e. The minimum atomic E-state index is -1.58. The zero-order valence-electron chi connectivity index (χ0n) is 11.3. The predicted octanol–water partition coefficient (Wildman–Crippen LogP) is 3.02. The Morgan fingerprint density at radius 1 is 1.28 bits per heavy atom. The van der Waals surface area contributed by atoms with Gasteiger partial charge in [-0.25, -0.2) is 0 Å². The number of nitrogen functional groups attached to an aromatic ring is 1. The molecular weight excluding hydrogens is 286 g/mol. The summed E-state index contributed by atoms with van der Waals surface area (Å²) < 4.78 is 11.4. The van der Waals surface area contributed by atoms with Crippen LogP contribution in [0.3, 0.4) is 0 Å². The maximum absolute atomic E-state index is 5.85. The Bertz CT molecular complexity index is 348. The van der Waals surface area contributed by atoms with E-state index < -0.39 is 8.32 Å².